The Morgan fingerprint density at radius 2 is 2.00 bits per heavy atom. The second-order valence-corrected chi connectivity index (χ2v) is 5.58. The van der Waals surface area contributed by atoms with Crippen LogP contribution in [0, 0.1) is 5.82 Å². The van der Waals surface area contributed by atoms with Crippen molar-refractivity contribution in [3.8, 4) is 5.75 Å². The van der Waals surface area contributed by atoms with E-state index in [0.29, 0.717) is 26.4 Å². The van der Waals surface area contributed by atoms with Crippen LogP contribution in [0.3, 0.4) is 0 Å². The van der Waals surface area contributed by atoms with Crippen LogP contribution in [0.4, 0.5) is 4.39 Å². The molecule has 0 aliphatic rings. The van der Waals surface area contributed by atoms with E-state index in [1.54, 1.807) is 37.4 Å². The minimum absolute atomic E-state index is 0.372. The summed E-state index contributed by atoms with van der Waals surface area (Å²) < 4.78 is 19.6. The molecular weight excluding hydrogens is 354 g/mol. The molecule has 2 aromatic rings. The first kappa shape index (κ1) is 14.6. The van der Waals surface area contributed by atoms with Crippen molar-refractivity contribution in [3.05, 3.63) is 62.8 Å². The molecule has 100 valence electrons. The van der Waals surface area contributed by atoms with Crippen molar-refractivity contribution in [1.82, 2.24) is 0 Å². The minimum Gasteiger partial charge on any atom is -0.497 e. The lowest BCUT2D eigenvalue weighted by Crippen LogP contribution is -1.99. The van der Waals surface area contributed by atoms with Crippen molar-refractivity contribution in [2.45, 2.75) is 5.38 Å². The maximum Gasteiger partial charge on any atom is 0.129 e. The molecule has 0 aromatic heterocycles. The molecule has 2 rings (SSSR count). The molecule has 5 heteroatoms. The highest BCUT2D eigenvalue weighted by atomic mass is 79.9. The molecule has 0 saturated heterocycles. The summed E-state index contributed by atoms with van der Waals surface area (Å²) in [6.07, 6.45) is 0. The van der Waals surface area contributed by atoms with Crippen molar-refractivity contribution in [2.24, 2.45) is 0 Å². The van der Waals surface area contributed by atoms with Gasteiger partial charge in [-0.15, -0.1) is 11.6 Å². The summed E-state index contributed by atoms with van der Waals surface area (Å²) in [5, 5.41) is -0.233. The predicted molar refractivity (Wildman–Crippen MR) is 79.8 cm³/mol. The molecule has 0 amide bonds. The molecule has 2 aromatic carbocycles. The van der Waals surface area contributed by atoms with E-state index < -0.39 is 5.38 Å². The van der Waals surface area contributed by atoms with E-state index >= 15 is 0 Å². The van der Waals surface area contributed by atoms with Gasteiger partial charge in [0.1, 0.15) is 11.6 Å². The molecule has 0 radical (unpaired) electrons. The molecule has 0 spiro atoms. The Morgan fingerprint density at radius 3 is 2.58 bits per heavy atom. The molecule has 0 aliphatic heterocycles. The number of alkyl halides is 1. The van der Waals surface area contributed by atoms with Gasteiger partial charge in [-0.3, -0.25) is 0 Å². The van der Waals surface area contributed by atoms with E-state index in [2.05, 4.69) is 15.9 Å². The van der Waals surface area contributed by atoms with Crippen LogP contribution in [-0.4, -0.2) is 7.11 Å². The molecule has 0 saturated carbocycles. The Balaban J connectivity index is 2.47. The van der Waals surface area contributed by atoms with Gasteiger partial charge in [0.2, 0.25) is 0 Å². The number of benzene rings is 2. The number of hydrogen-bond donors (Lipinski definition) is 0. The summed E-state index contributed by atoms with van der Waals surface area (Å²) >= 11 is 15.8. The van der Waals surface area contributed by atoms with Crippen molar-refractivity contribution >= 4 is 39.1 Å². The highest BCUT2D eigenvalue weighted by Crippen LogP contribution is 2.39. The average Bonchev–Trinajstić information content (AvgIpc) is 2.38. The maximum absolute atomic E-state index is 13.9. The lowest BCUT2D eigenvalue weighted by Gasteiger charge is -2.15. The molecule has 1 nitrogen and oxygen atoms in total. The Labute approximate surface area is 129 Å². The second kappa shape index (κ2) is 6.12. The Morgan fingerprint density at radius 1 is 1.26 bits per heavy atom. The van der Waals surface area contributed by atoms with Gasteiger partial charge in [-0.25, -0.2) is 4.39 Å². The van der Waals surface area contributed by atoms with Gasteiger partial charge in [0.05, 0.1) is 12.5 Å². The molecule has 0 heterocycles. The summed E-state index contributed by atoms with van der Waals surface area (Å²) in [7, 11) is 1.55. The topological polar surface area (TPSA) is 9.23 Å². The summed E-state index contributed by atoms with van der Waals surface area (Å²) in [6.45, 7) is 0. The van der Waals surface area contributed by atoms with Crippen LogP contribution in [0.2, 0.25) is 5.02 Å². The average molecular weight is 364 g/mol. The van der Waals surface area contributed by atoms with E-state index in [0.717, 1.165) is 0 Å². The third-order valence-electron chi connectivity index (χ3n) is 2.73. The van der Waals surface area contributed by atoms with E-state index in [1.807, 2.05) is 0 Å². The van der Waals surface area contributed by atoms with E-state index in [9.17, 15) is 4.39 Å². The first-order chi connectivity index (χ1) is 9.04. The van der Waals surface area contributed by atoms with Crippen molar-refractivity contribution in [1.29, 1.82) is 0 Å². The minimum atomic E-state index is -0.672. The predicted octanol–water partition coefficient (Wildman–Crippen LogP) is 5.58. The van der Waals surface area contributed by atoms with Crippen LogP contribution in [0.25, 0.3) is 0 Å². The molecule has 1 atom stereocenters. The first-order valence-electron chi connectivity index (χ1n) is 5.46. The largest absolute Gasteiger partial charge is 0.497 e. The van der Waals surface area contributed by atoms with Crippen LogP contribution in [0.1, 0.15) is 16.5 Å². The number of ether oxygens (including phenoxy) is 1. The van der Waals surface area contributed by atoms with Gasteiger partial charge >= 0.3 is 0 Å². The number of halogens is 4. The summed E-state index contributed by atoms with van der Waals surface area (Å²) in [6, 6.07) is 9.85. The molecule has 19 heavy (non-hydrogen) atoms. The number of rotatable bonds is 3. The van der Waals surface area contributed by atoms with E-state index in [4.69, 9.17) is 27.9 Å². The second-order valence-electron chi connectivity index (χ2n) is 3.89. The standard InChI is InChI=1S/C14H10BrCl2FO/c1-19-8-5-6-9(11(16)7-8)14(17)13-10(15)3-2-4-12(13)18/h2-7,14H,1H3. The Hall–Kier alpha value is -0.770. The Bertz CT molecular complexity index is 584. The quantitative estimate of drug-likeness (QED) is 0.647. The van der Waals surface area contributed by atoms with E-state index in [-0.39, 0.29) is 5.82 Å². The van der Waals surface area contributed by atoms with Crippen LogP contribution in [0.5, 0.6) is 5.75 Å². The highest BCUT2D eigenvalue weighted by molar-refractivity contribution is 9.10. The number of hydrogen-bond acceptors (Lipinski definition) is 1. The zero-order chi connectivity index (χ0) is 14.0. The zero-order valence-electron chi connectivity index (χ0n) is 9.96. The summed E-state index contributed by atoms with van der Waals surface area (Å²) in [5.74, 6) is 0.256. The highest BCUT2D eigenvalue weighted by Gasteiger charge is 2.20. The lowest BCUT2D eigenvalue weighted by atomic mass is 10.0. The monoisotopic (exact) mass is 362 g/mol. The van der Waals surface area contributed by atoms with Crippen LogP contribution < -0.4 is 4.74 Å². The Kier molecular flexibility index (Phi) is 4.71. The third kappa shape index (κ3) is 3.04. The molecule has 0 N–H and O–H groups in total. The van der Waals surface area contributed by atoms with Crippen molar-refractivity contribution < 1.29 is 9.13 Å². The first-order valence-corrected chi connectivity index (χ1v) is 7.06. The summed E-state index contributed by atoms with van der Waals surface area (Å²) in [4.78, 5) is 0. The van der Waals surface area contributed by atoms with Crippen LogP contribution in [0.15, 0.2) is 40.9 Å². The van der Waals surface area contributed by atoms with Crippen LogP contribution >= 0.6 is 39.1 Å². The molecule has 0 bridgehead atoms. The van der Waals surface area contributed by atoms with Gasteiger partial charge in [0.25, 0.3) is 0 Å². The van der Waals surface area contributed by atoms with Crippen LogP contribution in [-0.2, 0) is 0 Å². The van der Waals surface area contributed by atoms with Gasteiger partial charge in [-0.2, -0.15) is 0 Å². The van der Waals surface area contributed by atoms with Gasteiger partial charge < -0.3 is 4.74 Å². The van der Waals surface area contributed by atoms with Gasteiger partial charge in [0, 0.05) is 15.1 Å². The molecule has 0 fully saturated rings. The summed E-state index contributed by atoms with van der Waals surface area (Å²) in [5.41, 5.74) is 1.01. The molecule has 1 unspecified atom stereocenters. The van der Waals surface area contributed by atoms with Gasteiger partial charge in [-0.1, -0.05) is 39.7 Å². The lowest BCUT2D eigenvalue weighted by molar-refractivity contribution is 0.414. The fourth-order valence-corrected chi connectivity index (χ4v) is 3.20. The van der Waals surface area contributed by atoms with Crippen molar-refractivity contribution in [2.75, 3.05) is 7.11 Å². The molecule has 0 aliphatic carbocycles. The smallest absolute Gasteiger partial charge is 0.129 e. The zero-order valence-corrected chi connectivity index (χ0v) is 13.1. The van der Waals surface area contributed by atoms with Crippen molar-refractivity contribution in [3.63, 3.8) is 0 Å². The SMILES string of the molecule is COc1ccc(C(Cl)c2c(F)cccc2Br)c(Cl)c1. The molecular formula is C14H10BrCl2FO. The van der Waals surface area contributed by atoms with E-state index in [1.165, 1.54) is 6.07 Å². The van der Waals surface area contributed by atoms with Gasteiger partial charge in [-0.05, 0) is 29.8 Å². The number of methoxy groups -OCH3 is 1. The fourth-order valence-electron chi connectivity index (χ4n) is 1.75. The normalized spacial score (nSPS) is 12.3. The maximum atomic E-state index is 13.9. The third-order valence-corrected chi connectivity index (χ3v) is 4.21. The van der Waals surface area contributed by atoms with Gasteiger partial charge in [0.15, 0.2) is 0 Å². The fraction of sp³-hybridized carbons (Fsp3) is 0.143.